The maximum absolute atomic E-state index is 12.4. The first-order chi connectivity index (χ1) is 12.9. The van der Waals surface area contributed by atoms with Crippen LogP contribution in [0.2, 0.25) is 0 Å². The highest BCUT2D eigenvalue weighted by Crippen LogP contribution is 2.10. The molecule has 0 atom stereocenters. The van der Waals surface area contributed by atoms with Crippen molar-refractivity contribution in [2.24, 2.45) is 4.99 Å². The zero-order chi connectivity index (χ0) is 19.8. The Labute approximate surface area is 186 Å². The summed E-state index contributed by atoms with van der Waals surface area (Å²) < 4.78 is 5.23. The molecule has 1 aromatic rings. The van der Waals surface area contributed by atoms with Crippen LogP contribution >= 0.6 is 24.0 Å². The predicted octanol–water partition coefficient (Wildman–Crippen LogP) is 2.74. The topological polar surface area (TPSA) is 64.3 Å². The van der Waals surface area contributed by atoms with Gasteiger partial charge in [-0.05, 0) is 46.8 Å². The van der Waals surface area contributed by atoms with Crippen molar-refractivity contribution in [3.05, 3.63) is 24.2 Å². The van der Waals surface area contributed by atoms with Gasteiger partial charge in [0.1, 0.15) is 0 Å². The minimum atomic E-state index is -0.0360. The Balaban J connectivity index is 0.00000392. The second-order valence-electron chi connectivity index (χ2n) is 7.42. The van der Waals surface area contributed by atoms with Crippen LogP contribution in [0.25, 0.3) is 0 Å². The number of amides is 1. The lowest BCUT2D eigenvalue weighted by Gasteiger charge is -2.36. The number of rotatable bonds is 7. The maximum Gasteiger partial charge on any atom is 0.289 e. The van der Waals surface area contributed by atoms with E-state index in [0.717, 1.165) is 38.7 Å². The van der Waals surface area contributed by atoms with Gasteiger partial charge >= 0.3 is 0 Å². The Morgan fingerprint density at radius 1 is 1.18 bits per heavy atom. The molecule has 1 aliphatic heterocycles. The second-order valence-corrected chi connectivity index (χ2v) is 7.42. The van der Waals surface area contributed by atoms with Crippen LogP contribution in [0.4, 0.5) is 0 Å². The van der Waals surface area contributed by atoms with Gasteiger partial charge in [0.05, 0.1) is 12.8 Å². The minimum Gasteiger partial charge on any atom is -0.459 e. The number of furan rings is 1. The molecule has 1 aliphatic rings. The van der Waals surface area contributed by atoms with E-state index in [9.17, 15) is 4.79 Å². The first-order valence-electron chi connectivity index (χ1n) is 10.1. The molecule has 1 saturated heterocycles. The number of hydrogen-bond acceptors (Lipinski definition) is 4. The molecule has 1 aromatic heterocycles. The molecular formula is C20H36IN5O2. The van der Waals surface area contributed by atoms with Gasteiger partial charge in [0.15, 0.2) is 11.7 Å². The zero-order valence-corrected chi connectivity index (χ0v) is 20.2. The van der Waals surface area contributed by atoms with Gasteiger partial charge in [-0.1, -0.05) is 0 Å². The van der Waals surface area contributed by atoms with Crippen LogP contribution in [0.5, 0.6) is 0 Å². The quantitative estimate of drug-likeness (QED) is 0.351. The third-order valence-corrected chi connectivity index (χ3v) is 4.88. The molecule has 2 rings (SSSR count). The van der Waals surface area contributed by atoms with Crippen LogP contribution < -0.4 is 5.32 Å². The van der Waals surface area contributed by atoms with Gasteiger partial charge in [0.25, 0.3) is 5.91 Å². The average Bonchev–Trinajstić information content (AvgIpc) is 3.18. The third-order valence-electron chi connectivity index (χ3n) is 4.88. The number of halogens is 1. The molecule has 0 spiro atoms. The molecule has 1 N–H and O–H groups in total. The van der Waals surface area contributed by atoms with E-state index < -0.39 is 0 Å². The molecule has 0 unspecified atom stereocenters. The Kier molecular flexibility index (Phi) is 10.9. The first kappa shape index (κ1) is 24.7. The summed E-state index contributed by atoms with van der Waals surface area (Å²) in [6.07, 6.45) is 1.54. The fourth-order valence-electron chi connectivity index (χ4n) is 3.49. The fourth-order valence-corrected chi connectivity index (χ4v) is 3.49. The third kappa shape index (κ3) is 6.95. The Hall–Kier alpha value is -1.29. The van der Waals surface area contributed by atoms with E-state index in [1.807, 2.05) is 4.90 Å². The molecule has 8 heteroatoms. The van der Waals surface area contributed by atoms with Gasteiger partial charge in [0, 0.05) is 51.4 Å². The standard InChI is InChI=1S/C20H35N5O2.HI/c1-6-21-20(22-9-10-25(16(2)3)17(4)5)24-13-11-23(12-14-24)19(26)18-8-7-15-27-18;/h7-8,15-17H,6,9-14H2,1-5H3,(H,21,22);1H. The predicted molar refractivity (Wildman–Crippen MR) is 125 cm³/mol. The van der Waals surface area contributed by atoms with Crippen molar-refractivity contribution in [2.75, 3.05) is 45.8 Å². The van der Waals surface area contributed by atoms with Crippen LogP contribution in [0.1, 0.15) is 45.2 Å². The zero-order valence-electron chi connectivity index (χ0n) is 17.9. The molecule has 1 amide bonds. The molecule has 0 aromatic carbocycles. The van der Waals surface area contributed by atoms with E-state index in [1.54, 1.807) is 12.1 Å². The van der Waals surface area contributed by atoms with Crippen LogP contribution in [0.15, 0.2) is 27.8 Å². The summed E-state index contributed by atoms with van der Waals surface area (Å²) in [5.74, 6) is 1.31. The van der Waals surface area contributed by atoms with Crippen LogP contribution in [-0.4, -0.2) is 84.5 Å². The summed E-state index contributed by atoms with van der Waals surface area (Å²) >= 11 is 0. The van der Waals surface area contributed by atoms with E-state index in [-0.39, 0.29) is 29.9 Å². The highest BCUT2D eigenvalue weighted by atomic mass is 127. The SMILES string of the molecule is CCNC(=NCCN(C(C)C)C(C)C)N1CCN(C(=O)c2ccco2)CC1.I. The summed E-state index contributed by atoms with van der Waals surface area (Å²) in [5.41, 5.74) is 0. The molecule has 0 saturated carbocycles. The van der Waals surface area contributed by atoms with E-state index in [1.165, 1.54) is 6.26 Å². The number of nitrogens with zero attached hydrogens (tertiary/aromatic N) is 4. The molecule has 0 aliphatic carbocycles. The van der Waals surface area contributed by atoms with E-state index in [0.29, 0.717) is 30.9 Å². The molecule has 7 nitrogen and oxygen atoms in total. The average molecular weight is 505 g/mol. The van der Waals surface area contributed by atoms with Crippen molar-refractivity contribution in [3.8, 4) is 0 Å². The van der Waals surface area contributed by atoms with Crippen molar-refractivity contribution in [1.82, 2.24) is 20.0 Å². The number of nitrogens with one attached hydrogen (secondary N) is 1. The summed E-state index contributed by atoms with van der Waals surface area (Å²) in [6.45, 7) is 16.4. The molecular weight excluding hydrogens is 469 g/mol. The lowest BCUT2D eigenvalue weighted by atomic mass is 10.2. The van der Waals surface area contributed by atoms with Crippen LogP contribution in [0.3, 0.4) is 0 Å². The summed E-state index contributed by atoms with van der Waals surface area (Å²) in [5, 5.41) is 3.39. The normalized spacial score (nSPS) is 15.4. The molecule has 0 radical (unpaired) electrons. The Morgan fingerprint density at radius 3 is 2.29 bits per heavy atom. The Morgan fingerprint density at radius 2 is 1.79 bits per heavy atom. The van der Waals surface area contributed by atoms with E-state index >= 15 is 0 Å². The van der Waals surface area contributed by atoms with Crippen LogP contribution in [-0.2, 0) is 0 Å². The summed E-state index contributed by atoms with van der Waals surface area (Å²) in [7, 11) is 0. The highest BCUT2D eigenvalue weighted by molar-refractivity contribution is 14.0. The van der Waals surface area contributed by atoms with Gasteiger partial charge in [-0.3, -0.25) is 14.7 Å². The number of carbonyl (C=O) groups is 1. The lowest BCUT2D eigenvalue weighted by molar-refractivity contribution is 0.0657. The summed E-state index contributed by atoms with van der Waals surface area (Å²) in [4.78, 5) is 23.8. The molecule has 2 heterocycles. The number of guanidine groups is 1. The van der Waals surface area contributed by atoms with E-state index in [2.05, 4.69) is 49.7 Å². The monoisotopic (exact) mass is 505 g/mol. The van der Waals surface area contributed by atoms with Gasteiger partial charge in [-0.2, -0.15) is 0 Å². The van der Waals surface area contributed by atoms with Gasteiger partial charge in [-0.15, -0.1) is 24.0 Å². The number of aliphatic imine (C=N–C) groups is 1. The number of carbonyl (C=O) groups excluding carboxylic acids is 1. The molecule has 0 bridgehead atoms. The van der Waals surface area contributed by atoms with Gasteiger partial charge < -0.3 is 19.5 Å². The van der Waals surface area contributed by atoms with E-state index in [4.69, 9.17) is 9.41 Å². The smallest absolute Gasteiger partial charge is 0.289 e. The lowest BCUT2D eigenvalue weighted by Crippen LogP contribution is -2.54. The van der Waals surface area contributed by atoms with Crippen molar-refractivity contribution in [3.63, 3.8) is 0 Å². The minimum absolute atomic E-state index is 0. The van der Waals surface area contributed by atoms with Crippen molar-refractivity contribution in [1.29, 1.82) is 0 Å². The van der Waals surface area contributed by atoms with Gasteiger partial charge in [-0.25, -0.2) is 0 Å². The molecule has 28 heavy (non-hydrogen) atoms. The van der Waals surface area contributed by atoms with Crippen LogP contribution in [0, 0.1) is 0 Å². The first-order valence-corrected chi connectivity index (χ1v) is 10.1. The molecule has 160 valence electrons. The molecule has 1 fully saturated rings. The largest absolute Gasteiger partial charge is 0.459 e. The van der Waals surface area contributed by atoms with Crippen molar-refractivity contribution < 1.29 is 9.21 Å². The fraction of sp³-hybridized carbons (Fsp3) is 0.700. The number of piperazine rings is 1. The summed E-state index contributed by atoms with van der Waals surface area (Å²) in [6, 6.07) is 4.49. The van der Waals surface area contributed by atoms with Crippen molar-refractivity contribution >= 4 is 35.8 Å². The Bertz CT molecular complexity index is 588. The number of hydrogen-bond donors (Lipinski definition) is 1. The highest BCUT2D eigenvalue weighted by Gasteiger charge is 2.25. The second kappa shape index (κ2) is 12.3. The van der Waals surface area contributed by atoms with Crippen molar-refractivity contribution in [2.45, 2.75) is 46.7 Å². The van der Waals surface area contributed by atoms with Gasteiger partial charge in [0.2, 0.25) is 0 Å². The maximum atomic E-state index is 12.4.